The Kier molecular flexibility index (Phi) is 2.40. The topological polar surface area (TPSA) is 29.5 Å². The molecule has 0 atom stereocenters. The monoisotopic (exact) mass is 188 g/mol. The average Bonchev–Trinajstić information content (AvgIpc) is 1.93. The van der Waals surface area contributed by atoms with Crippen molar-refractivity contribution >= 4 is 0 Å². The molecule has 4 heteroatoms. The third-order valence-electron chi connectivity index (χ3n) is 1.40. The molecule has 0 saturated carbocycles. The number of halogens is 2. The number of benzene rings is 1. The number of ether oxygens (including phenoxy) is 1. The van der Waals surface area contributed by atoms with Crippen LogP contribution < -0.4 is 4.74 Å². The highest BCUT2D eigenvalue weighted by atomic mass is 19.3. The van der Waals surface area contributed by atoms with E-state index < -0.39 is 6.11 Å². The van der Waals surface area contributed by atoms with Gasteiger partial charge in [-0.25, -0.2) is 0 Å². The van der Waals surface area contributed by atoms with Gasteiger partial charge in [0.1, 0.15) is 0 Å². The minimum absolute atomic E-state index is 0.210. The normalized spacial score (nSPS) is 11.4. The van der Waals surface area contributed by atoms with E-state index in [9.17, 15) is 13.9 Å². The number of phenolic OH excluding ortho intramolecular Hbond substituents is 1. The number of hydrogen-bond donors (Lipinski definition) is 1. The van der Waals surface area contributed by atoms with Gasteiger partial charge in [0, 0.05) is 6.92 Å². The van der Waals surface area contributed by atoms with Crippen molar-refractivity contribution < 1.29 is 18.6 Å². The fraction of sp³-hybridized carbons (Fsp3) is 0.333. The van der Waals surface area contributed by atoms with E-state index in [1.165, 1.54) is 12.1 Å². The lowest BCUT2D eigenvalue weighted by molar-refractivity contribution is -0.159. The van der Waals surface area contributed by atoms with E-state index in [0.29, 0.717) is 6.92 Å². The van der Waals surface area contributed by atoms with E-state index in [1.54, 1.807) is 13.0 Å². The highest BCUT2D eigenvalue weighted by molar-refractivity contribution is 5.41. The number of hydrogen-bond acceptors (Lipinski definition) is 2. The maximum atomic E-state index is 12.4. The lowest BCUT2D eigenvalue weighted by Crippen LogP contribution is -2.19. The first-order valence-corrected chi connectivity index (χ1v) is 3.75. The lowest BCUT2D eigenvalue weighted by atomic mass is 10.2. The molecule has 0 saturated heterocycles. The maximum Gasteiger partial charge on any atom is 0.395 e. The SMILES string of the molecule is Cc1ccc(OC(C)(F)F)c(O)c1. The third kappa shape index (κ3) is 2.89. The molecule has 1 aromatic carbocycles. The van der Waals surface area contributed by atoms with E-state index in [1.807, 2.05) is 0 Å². The fourth-order valence-corrected chi connectivity index (χ4v) is 0.907. The minimum atomic E-state index is -3.27. The number of phenols is 1. The van der Waals surface area contributed by atoms with Crippen molar-refractivity contribution in [2.45, 2.75) is 20.0 Å². The van der Waals surface area contributed by atoms with Gasteiger partial charge in [-0.3, -0.25) is 0 Å². The van der Waals surface area contributed by atoms with E-state index in [0.717, 1.165) is 5.56 Å². The summed E-state index contributed by atoms with van der Waals surface area (Å²) in [5, 5.41) is 9.20. The van der Waals surface area contributed by atoms with Crippen LogP contribution >= 0.6 is 0 Å². The average molecular weight is 188 g/mol. The zero-order valence-corrected chi connectivity index (χ0v) is 7.34. The van der Waals surface area contributed by atoms with Crippen LogP contribution in [0, 0.1) is 6.92 Å². The molecular formula is C9H10F2O2. The van der Waals surface area contributed by atoms with Gasteiger partial charge in [0.15, 0.2) is 11.5 Å². The van der Waals surface area contributed by atoms with Crippen LogP contribution in [0.3, 0.4) is 0 Å². The first-order valence-electron chi connectivity index (χ1n) is 3.75. The van der Waals surface area contributed by atoms with Crippen molar-refractivity contribution in [3.05, 3.63) is 23.8 Å². The van der Waals surface area contributed by atoms with Crippen LogP contribution in [0.1, 0.15) is 12.5 Å². The Bertz CT molecular complexity index is 305. The second kappa shape index (κ2) is 3.20. The van der Waals surface area contributed by atoms with Crippen molar-refractivity contribution in [1.29, 1.82) is 0 Å². The smallest absolute Gasteiger partial charge is 0.395 e. The Balaban J connectivity index is 2.90. The Hall–Kier alpha value is -1.32. The summed E-state index contributed by atoms with van der Waals surface area (Å²) in [4.78, 5) is 0. The summed E-state index contributed by atoms with van der Waals surface area (Å²) in [5.74, 6) is -0.486. The highest BCUT2D eigenvalue weighted by Gasteiger charge is 2.24. The number of aryl methyl sites for hydroxylation is 1. The number of alkyl halides is 2. The first-order chi connectivity index (χ1) is 5.88. The zero-order chi connectivity index (χ0) is 10.1. The van der Waals surface area contributed by atoms with E-state index >= 15 is 0 Å². The quantitative estimate of drug-likeness (QED) is 0.773. The molecule has 0 heterocycles. The Morgan fingerprint density at radius 2 is 2.00 bits per heavy atom. The van der Waals surface area contributed by atoms with Crippen molar-refractivity contribution in [2.24, 2.45) is 0 Å². The van der Waals surface area contributed by atoms with Crippen molar-refractivity contribution in [1.82, 2.24) is 0 Å². The molecule has 1 rings (SSSR count). The molecule has 0 amide bonds. The molecule has 0 radical (unpaired) electrons. The van der Waals surface area contributed by atoms with E-state index in [4.69, 9.17) is 0 Å². The summed E-state index contributed by atoms with van der Waals surface area (Å²) in [6.45, 7) is 2.36. The Morgan fingerprint density at radius 1 is 1.38 bits per heavy atom. The van der Waals surface area contributed by atoms with Gasteiger partial charge in [0.25, 0.3) is 0 Å². The largest absolute Gasteiger partial charge is 0.504 e. The highest BCUT2D eigenvalue weighted by Crippen LogP contribution is 2.30. The number of aromatic hydroxyl groups is 1. The second-order valence-corrected chi connectivity index (χ2v) is 2.88. The number of rotatable bonds is 2. The van der Waals surface area contributed by atoms with Gasteiger partial charge in [0.05, 0.1) is 0 Å². The summed E-state index contributed by atoms with van der Waals surface area (Å²) in [6.07, 6.45) is -3.27. The van der Waals surface area contributed by atoms with Gasteiger partial charge in [0.2, 0.25) is 0 Å². The van der Waals surface area contributed by atoms with Gasteiger partial charge in [-0.05, 0) is 24.6 Å². The molecule has 1 aromatic rings. The van der Waals surface area contributed by atoms with E-state index in [2.05, 4.69) is 4.74 Å². The predicted octanol–water partition coefficient (Wildman–Crippen LogP) is 2.69. The van der Waals surface area contributed by atoms with Crippen LogP contribution in [0.25, 0.3) is 0 Å². The molecular weight excluding hydrogens is 178 g/mol. The Labute approximate surface area is 74.8 Å². The molecule has 0 spiro atoms. The van der Waals surface area contributed by atoms with Crippen LogP contribution in [0.5, 0.6) is 11.5 Å². The van der Waals surface area contributed by atoms with Crippen LogP contribution in [0.2, 0.25) is 0 Å². The first kappa shape index (κ1) is 9.77. The van der Waals surface area contributed by atoms with Crippen molar-refractivity contribution in [3.8, 4) is 11.5 Å². The van der Waals surface area contributed by atoms with Crippen LogP contribution in [0.15, 0.2) is 18.2 Å². The van der Waals surface area contributed by atoms with Crippen molar-refractivity contribution in [3.63, 3.8) is 0 Å². The summed E-state index contributed by atoms with van der Waals surface area (Å²) < 4.78 is 28.9. The van der Waals surface area contributed by atoms with E-state index in [-0.39, 0.29) is 11.5 Å². The summed E-state index contributed by atoms with van der Waals surface area (Å²) in [6, 6.07) is 4.25. The summed E-state index contributed by atoms with van der Waals surface area (Å²) in [7, 11) is 0. The third-order valence-corrected chi connectivity index (χ3v) is 1.40. The molecule has 0 fully saturated rings. The van der Waals surface area contributed by atoms with Crippen molar-refractivity contribution in [2.75, 3.05) is 0 Å². The molecule has 0 aliphatic heterocycles. The molecule has 0 aliphatic rings. The van der Waals surface area contributed by atoms with Crippen LogP contribution in [-0.4, -0.2) is 11.2 Å². The van der Waals surface area contributed by atoms with Gasteiger partial charge in [-0.15, -0.1) is 0 Å². The molecule has 0 unspecified atom stereocenters. The Morgan fingerprint density at radius 3 is 2.46 bits per heavy atom. The molecule has 13 heavy (non-hydrogen) atoms. The molecule has 0 aromatic heterocycles. The maximum absolute atomic E-state index is 12.4. The molecule has 0 bridgehead atoms. The molecule has 1 N–H and O–H groups in total. The second-order valence-electron chi connectivity index (χ2n) is 2.88. The summed E-state index contributed by atoms with van der Waals surface area (Å²) in [5.41, 5.74) is 0.782. The lowest BCUT2D eigenvalue weighted by Gasteiger charge is -2.13. The van der Waals surface area contributed by atoms with Crippen LogP contribution in [0.4, 0.5) is 8.78 Å². The molecule has 0 aliphatic carbocycles. The van der Waals surface area contributed by atoms with Gasteiger partial charge in [-0.2, -0.15) is 8.78 Å². The predicted molar refractivity (Wildman–Crippen MR) is 44.1 cm³/mol. The molecule has 72 valence electrons. The molecule has 2 nitrogen and oxygen atoms in total. The van der Waals surface area contributed by atoms with Gasteiger partial charge < -0.3 is 9.84 Å². The van der Waals surface area contributed by atoms with Crippen LogP contribution in [-0.2, 0) is 0 Å². The minimum Gasteiger partial charge on any atom is -0.504 e. The standard InChI is InChI=1S/C9H10F2O2/c1-6-3-4-8(7(12)5-6)13-9(2,10)11/h3-5,12H,1-2H3. The van der Waals surface area contributed by atoms with Gasteiger partial charge in [-0.1, -0.05) is 6.07 Å². The van der Waals surface area contributed by atoms with Gasteiger partial charge >= 0.3 is 6.11 Å². The summed E-state index contributed by atoms with van der Waals surface area (Å²) >= 11 is 0. The zero-order valence-electron chi connectivity index (χ0n) is 7.34. The fourth-order valence-electron chi connectivity index (χ4n) is 0.907.